The van der Waals surface area contributed by atoms with E-state index < -0.39 is 38.6 Å². The number of aromatic nitrogens is 3. The summed E-state index contributed by atoms with van der Waals surface area (Å²) in [4.78, 5) is 12.0. The van der Waals surface area contributed by atoms with E-state index in [-0.39, 0.29) is 26.5 Å². The van der Waals surface area contributed by atoms with Crippen molar-refractivity contribution in [1.82, 2.24) is 19.7 Å². The quantitative estimate of drug-likeness (QED) is 0.529. The maximum absolute atomic E-state index is 13.8. The Kier molecular flexibility index (Phi) is 6.70. The van der Waals surface area contributed by atoms with Crippen LogP contribution in [0.15, 0.2) is 41.3 Å². The molecular formula is C17H11Cl3F2N4O4S. The van der Waals surface area contributed by atoms with E-state index in [1.165, 1.54) is 37.4 Å². The molecule has 2 aromatic carbocycles. The summed E-state index contributed by atoms with van der Waals surface area (Å²) in [5.74, 6) is -1.29. The second kappa shape index (κ2) is 8.95. The van der Waals surface area contributed by atoms with E-state index in [0.29, 0.717) is 4.68 Å². The van der Waals surface area contributed by atoms with Crippen molar-refractivity contribution in [3.63, 3.8) is 0 Å². The average molecular weight is 512 g/mol. The maximum Gasteiger partial charge on any atom is 0.287 e. The lowest BCUT2D eigenvalue weighted by atomic mass is 10.2. The highest BCUT2D eigenvalue weighted by molar-refractivity contribution is 7.90. The molecule has 0 atom stereocenters. The van der Waals surface area contributed by atoms with E-state index in [4.69, 9.17) is 39.5 Å². The summed E-state index contributed by atoms with van der Waals surface area (Å²) in [7, 11) is -3.26. The Labute approximate surface area is 189 Å². The summed E-state index contributed by atoms with van der Waals surface area (Å²) in [6.07, 6.45) is -3.24. The fraction of sp³-hybridized carbons (Fsp3) is 0.118. The van der Waals surface area contributed by atoms with E-state index in [0.717, 1.165) is 6.07 Å². The van der Waals surface area contributed by atoms with Gasteiger partial charge in [0.05, 0.1) is 22.8 Å². The van der Waals surface area contributed by atoms with Gasteiger partial charge in [-0.05, 0) is 30.3 Å². The molecule has 8 nitrogen and oxygen atoms in total. The lowest BCUT2D eigenvalue weighted by Gasteiger charge is -2.11. The van der Waals surface area contributed by atoms with E-state index >= 15 is 0 Å². The number of methoxy groups -OCH3 is 1. The minimum absolute atomic E-state index is 0.0355. The third kappa shape index (κ3) is 4.74. The molecule has 1 N–H and O–H groups in total. The van der Waals surface area contributed by atoms with Crippen molar-refractivity contribution in [3.05, 3.63) is 62.9 Å². The zero-order valence-electron chi connectivity index (χ0n) is 15.3. The minimum Gasteiger partial charge on any atom is -0.497 e. The van der Waals surface area contributed by atoms with E-state index in [9.17, 15) is 22.0 Å². The number of ether oxygens (including phenoxy) is 1. The molecule has 31 heavy (non-hydrogen) atoms. The van der Waals surface area contributed by atoms with Crippen molar-refractivity contribution in [2.75, 3.05) is 7.11 Å². The number of carbonyl (C=O) groups excluding carboxylic acids is 1. The summed E-state index contributed by atoms with van der Waals surface area (Å²) in [5, 5.41) is 6.93. The molecule has 0 aliphatic rings. The Bertz CT molecular complexity index is 1270. The van der Waals surface area contributed by atoms with Crippen molar-refractivity contribution in [2.45, 2.75) is 11.3 Å². The molecule has 0 fully saturated rings. The second-order valence-electron chi connectivity index (χ2n) is 5.86. The van der Waals surface area contributed by atoms with E-state index in [1.807, 2.05) is 0 Å². The zero-order valence-corrected chi connectivity index (χ0v) is 18.4. The summed E-state index contributed by atoms with van der Waals surface area (Å²) in [6, 6.07) is 7.65. The van der Waals surface area contributed by atoms with Crippen LogP contribution < -0.4 is 9.46 Å². The lowest BCUT2D eigenvalue weighted by molar-refractivity contribution is 0.0959. The molecule has 0 saturated carbocycles. The van der Waals surface area contributed by atoms with Gasteiger partial charge in [-0.3, -0.25) is 4.79 Å². The highest BCUT2D eigenvalue weighted by Gasteiger charge is 2.31. The van der Waals surface area contributed by atoms with Crippen LogP contribution in [0.1, 0.15) is 22.6 Å². The number of sulfonamides is 1. The topological polar surface area (TPSA) is 103 Å². The average Bonchev–Trinajstić information content (AvgIpc) is 3.13. The highest BCUT2D eigenvalue weighted by Crippen LogP contribution is 2.30. The monoisotopic (exact) mass is 510 g/mol. The van der Waals surface area contributed by atoms with Crippen LogP contribution in [0.25, 0.3) is 5.69 Å². The molecule has 3 aromatic rings. The molecule has 0 spiro atoms. The normalized spacial score (nSPS) is 11.6. The predicted molar refractivity (Wildman–Crippen MR) is 109 cm³/mol. The Hall–Kier alpha value is -2.47. The first-order valence-electron chi connectivity index (χ1n) is 8.15. The van der Waals surface area contributed by atoms with Gasteiger partial charge in [0, 0.05) is 11.1 Å². The van der Waals surface area contributed by atoms with E-state index in [1.54, 1.807) is 4.72 Å². The summed E-state index contributed by atoms with van der Waals surface area (Å²) < 4.78 is 59.9. The van der Waals surface area contributed by atoms with Gasteiger partial charge in [-0.1, -0.05) is 40.0 Å². The van der Waals surface area contributed by atoms with Crippen LogP contribution in [0.5, 0.6) is 5.75 Å². The number of hydrogen-bond acceptors (Lipinski definition) is 6. The molecule has 0 bridgehead atoms. The zero-order chi connectivity index (χ0) is 22.9. The van der Waals surface area contributed by atoms with Gasteiger partial charge in [0.15, 0.2) is 5.69 Å². The molecule has 0 unspecified atom stereocenters. The maximum atomic E-state index is 13.8. The number of halogens is 5. The minimum atomic E-state index is -4.56. The Morgan fingerprint density at radius 3 is 2.45 bits per heavy atom. The number of alkyl halides is 2. The van der Waals surface area contributed by atoms with Crippen molar-refractivity contribution < 1.29 is 26.7 Å². The third-order valence-electron chi connectivity index (χ3n) is 3.92. The van der Waals surface area contributed by atoms with Crippen LogP contribution in [0.3, 0.4) is 0 Å². The number of nitrogens with one attached hydrogen (secondary N) is 1. The summed E-state index contributed by atoms with van der Waals surface area (Å²) >= 11 is 17.7. The smallest absolute Gasteiger partial charge is 0.287 e. The van der Waals surface area contributed by atoms with Gasteiger partial charge >= 0.3 is 0 Å². The number of amides is 1. The van der Waals surface area contributed by atoms with Gasteiger partial charge in [0.25, 0.3) is 22.4 Å². The highest BCUT2D eigenvalue weighted by atomic mass is 35.5. The van der Waals surface area contributed by atoms with Crippen molar-refractivity contribution in [2.24, 2.45) is 0 Å². The fourth-order valence-corrected chi connectivity index (χ4v) is 4.48. The SMILES string of the molecule is COc1ccc(Cl)c(S(=O)(=O)NC(=O)c2nnn(-c3ccc(Cl)cc3Cl)c2C(F)F)c1. The lowest BCUT2D eigenvalue weighted by Crippen LogP contribution is -2.32. The van der Waals surface area contributed by atoms with Gasteiger partial charge in [-0.15, -0.1) is 5.10 Å². The standard InChI is InChI=1S/C17H11Cl3F2N4O4S/c1-30-9-3-4-10(19)13(7-9)31(28,29)24-17(27)14-15(16(21)22)26(25-23-14)12-5-2-8(18)6-11(12)20/h2-7,16H,1H3,(H,24,27). The molecule has 1 amide bonds. The molecule has 1 aromatic heterocycles. The molecule has 164 valence electrons. The van der Waals surface area contributed by atoms with Gasteiger partial charge in [0.2, 0.25) is 0 Å². The Balaban J connectivity index is 2.02. The molecular weight excluding hydrogens is 501 g/mol. The van der Waals surface area contributed by atoms with Gasteiger partial charge in [0.1, 0.15) is 16.3 Å². The van der Waals surface area contributed by atoms with Crippen LogP contribution in [-0.4, -0.2) is 36.4 Å². The summed E-state index contributed by atoms with van der Waals surface area (Å²) in [5.41, 5.74) is -1.91. The molecule has 1 heterocycles. The van der Waals surface area contributed by atoms with Crippen LogP contribution in [0, 0.1) is 0 Å². The predicted octanol–water partition coefficient (Wildman–Crippen LogP) is 4.29. The number of hydrogen-bond donors (Lipinski definition) is 1. The molecule has 3 rings (SSSR count). The van der Waals surface area contributed by atoms with Gasteiger partial charge < -0.3 is 4.74 Å². The second-order valence-corrected chi connectivity index (χ2v) is 8.76. The Morgan fingerprint density at radius 1 is 1.13 bits per heavy atom. The number of nitrogens with zero attached hydrogens (tertiary/aromatic N) is 3. The first kappa shape index (κ1) is 23.2. The molecule has 0 radical (unpaired) electrons. The van der Waals surface area contributed by atoms with Crippen LogP contribution in [0.4, 0.5) is 8.78 Å². The summed E-state index contributed by atoms with van der Waals surface area (Å²) in [6.45, 7) is 0. The first-order valence-corrected chi connectivity index (χ1v) is 10.8. The number of rotatable bonds is 6. The Morgan fingerprint density at radius 2 is 1.84 bits per heavy atom. The number of benzene rings is 2. The third-order valence-corrected chi connectivity index (χ3v) is 6.27. The first-order chi connectivity index (χ1) is 14.5. The molecule has 0 saturated heterocycles. The van der Waals surface area contributed by atoms with Gasteiger partial charge in [-0.2, -0.15) is 0 Å². The van der Waals surface area contributed by atoms with Crippen LogP contribution in [-0.2, 0) is 10.0 Å². The molecule has 0 aliphatic carbocycles. The molecule has 14 heteroatoms. The molecule has 0 aliphatic heterocycles. The van der Waals surface area contributed by atoms with Crippen LogP contribution >= 0.6 is 34.8 Å². The largest absolute Gasteiger partial charge is 0.497 e. The van der Waals surface area contributed by atoms with Crippen molar-refractivity contribution in [1.29, 1.82) is 0 Å². The van der Waals surface area contributed by atoms with E-state index in [2.05, 4.69) is 10.3 Å². The van der Waals surface area contributed by atoms with Crippen molar-refractivity contribution >= 4 is 50.7 Å². The van der Waals surface area contributed by atoms with Gasteiger partial charge in [-0.25, -0.2) is 26.6 Å². The number of carbonyl (C=O) groups is 1. The fourth-order valence-electron chi connectivity index (χ4n) is 2.52. The van der Waals surface area contributed by atoms with Crippen molar-refractivity contribution in [3.8, 4) is 11.4 Å². The van der Waals surface area contributed by atoms with Crippen LogP contribution in [0.2, 0.25) is 15.1 Å².